The van der Waals surface area contributed by atoms with Crippen molar-refractivity contribution in [3.8, 4) is 0 Å². The minimum atomic E-state index is 0.961. The van der Waals surface area contributed by atoms with Gasteiger partial charge in [0.1, 0.15) is 0 Å². The molecule has 0 N–H and O–H groups in total. The summed E-state index contributed by atoms with van der Waals surface area (Å²) in [4.78, 5) is 0. The second kappa shape index (κ2) is 1.37. The standard InChI is InChI=1S/C8H12/c1-6(7-2-3-7)8-4-5-8/h7-8H,1-5H2. The van der Waals surface area contributed by atoms with E-state index in [1.165, 1.54) is 25.7 Å². The van der Waals surface area contributed by atoms with Gasteiger partial charge in [-0.1, -0.05) is 12.2 Å². The van der Waals surface area contributed by atoms with E-state index in [-0.39, 0.29) is 0 Å². The van der Waals surface area contributed by atoms with Crippen molar-refractivity contribution in [2.24, 2.45) is 11.8 Å². The summed E-state index contributed by atoms with van der Waals surface area (Å²) in [5.74, 6) is 1.92. The number of hydrogen-bond acceptors (Lipinski definition) is 0. The highest BCUT2D eigenvalue weighted by atomic mass is 14.4. The zero-order valence-corrected chi connectivity index (χ0v) is 5.19. The van der Waals surface area contributed by atoms with Crippen LogP contribution < -0.4 is 0 Å². The molecule has 0 saturated heterocycles. The van der Waals surface area contributed by atoms with Crippen molar-refractivity contribution in [3.05, 3.63) is 12.2 Å². The molecule has 2 fully saturated rings. The molecular weight excluding hydrogens is 96.1 g/mol. The molecule has 0 aromatic carbocycles. The van der Waals surface area contributed by atoms with E-state index in [1.54, 1.807) is 5.57 Å². The van der Waals surface area contributed by atoms with Crippen LogP contribution in [0.3, 0.4) is 0 Å². The summed E-state index contributed by atoms with van der Waals surface area (Å²) in [6, 6.07) is 0. The van der Waals surface area contributed by atoms with Gasteiger partial charge in [0.2, 0.25) is 0 Å². The minimum Gasteiger partial charge on any atom is -0.0993 e. The molecule has 0 unspecified atom stereocenters. The first kappa shape index (κ1) is 4.60. The maximum atomic E-state index is 4.08. The lowest BCUT2D eigenvalue weighted by molar-refractivity contribution is 0.864. The molecule has 2 aliphatic carbocycles. The molecule has 0 bridgehead atoms. The van der Waals surface area contributed by atoms with Crippen LogP contribution in [0.25, 0.3) is 0 Å². The fourth-order valence-electron chi connectivity index (χ4n) is 1.24. The van der Waals surface area contributed by atoms with E-state index in [1.807, 2.05) is 0 Å². The van der Waals surface area contributed by atoms with Gasteiger partial charge in [0.05, 0.1) is 0 Å². The Morgan fingerprint density at radius 3 is 1.62 bits per heavy atom. The van der Waals surface area contributed by atoms with Gasteiger partial charge in [-0.3, -0.25) is 0 Å². The zero-order chi connectivity index (χ0) is 5.56. The van der Waals surface area contributed by atoms with Crippen LogP contribution in [-0.2, 0) is 0 Å². The molecule has 0 aromatic heterocycles. The molecule has 0 aliphatic heterocycles. The van der Waals surface area contributed by atoms with Gasteiger partial charge < -0.3 is 0 Å². The van der Waals surface area contributed by atoms with E-state index < -0.39 is 0 Å². The van der Waals surface area contributed by atoms with E-state index in [4.69, 9.17) is 0 Å². The SMILES string of the molecule is C=C(C1CC1)C1CC1. The van der Waals surface area contributed by atoms with E-state index in [0.29, 0.717) is 0 Å². The van der Waals surface area contributed by atoms with Crippen molar-refractivity contribution in [1.82, 2.24) is 0 Å². The average Bonchev–Trinajstić information content (AvgIpc) is 2.63. The Hall–Kier alpha value is -0.260. The Labute approximate surface area is 50.6 Å². The monoisotopic (exact) mass is 108 g/mol. The smallest absolute Gasteiger partial charge is 0.0203 e. The highest BCUT2D eigenvalue weighted by Gasteiger charge is 2.34. The van der Waals surface area contributed by atoms with Crippen LogP contribution in [0.4, 0.5) is 0 Å². The molecule has 0 spiro atoms. The Balaban J connectivity index is 1.93. The van der Waals surface area contributed by atoms with Gasteiger partial charge in [-0.05, 0) is 37.5 Å². The predicted molar refractivity (Wildman–Crippen MR) is 34.6 cm³/mol. The molecule has 0 heteroatoms. The van der Waals surface area contributed by atoms with Gasteiger partial charge >= 0.3 is 0 Å². The van der Waals surface area contributed by atoms with Gasteiger partial charge in [-0.15, -0.1) is 0 Å². The van der Waals surface area contributed by atoms with Crippen LogP contribution in [0.2, 0.25) is 0 Å². The van der Waals surface area contributed by atoms with Gasteiger partial charge in [-0.2, -0.15) is 0 Å². The Kier molecular flexibility index (Phi) is 0.787. The minimum absolute atomic E-state index is 0.961. The van der Waals surface area contributed by atoms with E-state index in [2.05, 4.69) is 6.58 Å². The molecule has 0 nitrogen and oxygen atoms in total. The van der Waals surface area contributed by atoms with E-state index in [0.717, 1.165) is 11.8 Å². The molecule has 0 amide bonds. The molecule has 44 valence electrons. The lowest BCUT2D eigenvalue weighted by atomic mass is 10.1. The van der Waals surface area contributed by atoms with Crippen LogP contribution in [0.5, 0.6) is 0 Å². The predicted octanol–water partition coefficient (Wildman–Crippen LogP) is 2.36. The second-order valence-corrected chi connectivity index (χ2v) is 3.12. The van der Waals surface area contributed by atoms with Crippen molar-refractivity contribution in [1.29, 1.82) is 0 Å². The third-order valence-corrected chi connectivity index (χ3v) is 2.20. The summed E-state index contributed by atoms with van der Waals surface area (Å²) in [5, 5.41) is 0. The Morgan fingerprint density at radius 1 is 1.00 bits per heavy atom. The summed E-state index contributed by atoms with van der Waals surface area (Å²) in [6.45, 7) is 4.08. The molecule has 8 heavy (non-hydrogen) atoms. The maximum absolute atomic E-state index is 4.08. The van der Waals surface area contributed by atoms with Crippen molar-refractivity contribution in [3.63, 3.8) is 0 Å². The van der Waals surface area contributed by atoms with Gasteiger partial charge in [0.15, 0.2) is 0 Å². The van der Waals surface area contributed by atoms with Crippen LogP contribution in [-0.4, -0.2) is 0 Å². The molecule has 2 rings (SSSR count). The third kappa shape index (κ3) is 0.683. The summed E-state index contributed by atoms with van der Waals surface area (Å²) >= 11 is 0. The normalized spacial score (nSPS) is 28.0. The molecule has 0 radical (unpaired) electrons. The van der Waals surface area contributed by atoms with Crippen LogP contribution >= 0.6 is 0 Å². The highest BCUT2D eigenvalue weighted by molar-refractivity contribution is 5.15. The third-order valence-electron chi connectivity index (χ3n) is 2.20. The van der Waals surface area contributed by atoms with Crippen LogP contribution in [0.15, 0.2) is 12.2 Å². The fourth-order valence-corrected chi connectivity index (χ4v) is 1.24. The van der Waals surface area contributed by atoms with Crippen LogP contribution in [0.1, 0.15) is 25.7 Å². The summed E-state index contributed by atoms with van der Waals surface area (Å²) in [6.07, 6.45) is 5.76. The number of hydrogen-bond donors (Lipinski definition) is 0. The molecule has 0 atom stereocenters. The number of rotatable bonds is 2. The van der Waals surface area contributed by atoms with Crippen molar-refractivity contribution in [2.45, 2.75) is 25.7 Å². The maximum Gasteiger partial charge on any atom is -0.0203 e. The first-order valence-corrected chi connectivity index (χ1v) is 3.56. The van der Waals surface area contributed by atoms with Crippen LogP contribution in [0, 0.1) is 11.8 Å². The lowest BCUT2D eigenvalue weighted by Crippen LogP contribution is -1.83. The van der Waals surface area contributed by atoms with E-state index in [9.17, 15) is 0 Å². The zero-order valence-electron chi connectivity index (χ0n) is 5.19. The second-order valence-electron chi connectivity index (χ2n) is 3.12. The summed E-state index contributed by atoms with van der Waals surface area (Å²) < 4.78 is 0. The summed E-state index contributed by atoms with van der Waals surface area (Å²) in [5.41, 5.74) is 1.57. The van der Waals surface area contributed by atoms with Gasteiger partial charge in [-0.25, -0.2) is 0 Å². The summed E-state index contributed by atoms with van der Waals surface area (Å²) in [7, 11) is 0. The topological polar surface area (TPSA) is 0 Å². The quantitative estimate of drug-likeness (QED) is 0.476. The Morgan fingerprint density at radius 2 is 1.38 bits per heavy atom. The van der Waals surface area contributed by atoms with Crippen molar-refractivity contribution < 1.29 is 0 Å². The largest absolute Gasteiger partial charge is 0.0993 e. The van der Waals surface area contributed by atoms with Crippen molar-refractivity contribution in [2.75, 3.05) is 0 Å². The first-order valence-electron chi connectivity index (χ1n) is 3.56. The average molecular weight is 108 g/mol. The molecular formula is C8H12. The highest BCUT2D eigenvalue weighted by Crippen LogP contribution is 2.47. The van der Waals surface area contributed by atoms with Gasteiger partial charge in [0.25, 0.3) is 0 Å². The molecule has 2 saturated carbocycles. The fraction of sp³-hybridized carbons (Fsp3) is 0.750. The molecule has 0 aromatic rings. The first-order chi connectivity index (χ1) is 3.88. The number of allylic oxidation sites excluding steroid dienone is 1. The van der Waals surface area contributed by atoms with Gasteiger partial charge in [0, 0.05) is 0 Å². The van der Waals surface area contributed by atoms with Crippen molar-refractivity contribution >= 4 is 0 Å². The lowest BCUT2D eigenvalue weighted by Gasteiger charge is -1.95. The Bertz CT molecular complexity index is 102. The van der Waals surface area contributed by atoms with E-state index >= 15 is 0 Å². The molecule has 0 heterocycles. The molecule has 2 aliphatic rings.